The summed E-state index contributed by atoms with van der Waals surface area (Å²) in [5.41, 5.74) is 2.10. The summed E-state index contributed by atoms with van der Waals surface area (Å²) in [5, 5.41) is 4.04. The molecule has 1 N–H and O–H groups in total. The molecule has 0 unspecified atom stereocenters. The smallest absolute Gasteiger partial charge is 0.240 e. The minimum atomic E-state index is 0.260. The molecule has 1 aliphatic rings. The van der Waals surface area contributed by atoms with Crippen LogP contribution in [0.3, 0.4) is 0 Å². The molecule has 1 fully saturated rings. The second-order valence-electron chi connectivity index (χ2n) is 6.47. The van der Waals surface area contributed by atoms with Crippen molar-refractivity contribution < 1.29 is 9.26 Å². The lowest BCUT2D eigenvalue weighted by atomic mass is 10.0. The molecule has 1 aliphatic heterocycles. The van der Waals surface area contributed by atoms with E-state index in [0.717, 1.165) is 29.8 Å². The highest BCUT2D eigenvalue weighted by atomic mass is 16.5. The van der Waals surface area contributed by atoms with Crippen LogP contribution in [0.4, 0.5) is 0 Å². The quantitative estimate of drug-likeness (QED) is 0.742. The predicted octanol–water partition coefficient (Wildman–Crippen LogP) is 2.86. The Labute approximate surface area is 146 Å². The molecule has 132 valence electrons. The molecule has 4 rings (SSSR count). The Bertz CT molecular complexity index is 795. The first-order valence-electron chi connectivity index (χ1n) is 8.82. The lowest BCUT2D eigenvalue weighted by molar-refractivity contribution is 0.119. The molecule has 3 heterocycles. The van der Waals surface area contributed by atoms with Gasteiger partial charge in [-0.15, -0.1) is 0 Å². The van der Waals surface area contributed by atoms with Gasteiger partial charge in [0, 0.05) is 13.5 Å². The molecule has 1 saturated heterocycles. The number of benzene rings is 1. The number of para-hydroxylation sites is 2. The highest BCUT2D eigenvalue weighted by Crippen LogP contribution is 2.31. The van der Waals surface area contributed by atoms with Crippen LogP contribution in [0.2, 0.25) is 0 Å². The second-order valence-corrected chi connectivity index (χ2v) is 6.47. The van der Waals surface area contributed by atoms with Gasteiger partial charge in [-0.25, -0.2) is 4.98 Å². The Morgan fingerprint density at radius 3 is 3.08 bits per heavy atom. The van der Waals surface area contributed by atoms with Crippen molar-refractivity contribution in [2.75, 3.05) is 20.3 Å². The van der Waals surface area contributed by atoms with E-state index in [-0.39, 0.29) is 6.04 Å². The molecule has 7 nitrogen and oxygen atoms in total. The predicted molar refractivity (Wildman–Crippen MR) is 93.0 cm³/mol. The van der Waals surface area contributed by atoms with E-state index >= 15 is 0 Å². The van der Waals surface area contributed by atoms with Gasteiger partial charge in [-0.05, 0) is 31.5 Å². The number of hydrogen-bond acceptors (Lipinski definition) is 6. The van der Waals surface area contributed by atoms with E-state index < -0.39 is 0 Å². The van der Waals surface area contributed by atoms with Crippen LogP contribution in [-0.4, -0.2) is 45.3 Å². The van der Waals surface area contributed by atoms with Crippen molar-refractivity contribution in [3.8, 4) is 0 Å². The van der Waals surface area contributed by atoms with Crippen LogP contribution in [0.25, 0.3) is 11.0 Å². The first kappa shape index (κ1) is 16.2. The molecule has 2 aromatic heterocycles. The maximum atomic E-state index is 5.42. The number of hydrogen-bond donors (Lipinski definition) is 1. The lowest BCUT2D eigenvalue weighted by Gasteiger charge is -2.33. The van der Waals surface area contributed by atoms with Crippen molar-refractivity contribution in [3.63, 3.8) is 0 Å². The Morgan fingerprint density at radius 1 is 1.28 bits per heavy atom. The largest absolute Gasteiger partial charge is 0.384 e. The highest BCUT2D eigenvalue weighted by Gasteiger charge is 2.28. The van der Waals surface area contributed by atoms with E-state index in [1.54, 1.807) is 7.11 Å². The van der Waals surface area contributed by atoms with Crippen LogP contribution in [0.5, 0.6) is 0 Å². The van der Waals surface area contributed by atoms with Crippen molar-refractivity contribution in [2.24, 2.45) is 0 Å². The minimum absolute atomic E-state index is 0.260. The van der Waals surface area contributed by atoms with Crippen LogP contribution in [0.15, 0.2) is 28.8 Å². The summed E-state index contributed by atoms with van der Waals surface area (Å²) in [4.78, 5) is 15.1. The van der Waals surface area contributed by atoms with Crippen molar-refractivity contribution in [3.05, 3.63) is 41.8 Å². The Balaban J connectivity index is 1.51. The fourth-order valence-electron chi connectivity index (χ4n) is 3.44. The molecule has 3 aromatic rings. The van der Waals surface area contributed by atoms with E-state index in [4.69, 9.17) is 14.2 Å². The normalized spacial score (nSPS) is 18.8. The summed E-state index contributed by atoms with van der Waals surface area (Å²) in [6.07, 6.45) is 4.15. The summed E-state index contributed by atoms with van der Waals surface area (Å²) >= 11 is 0. The number of likely N-dealkylation sites (tertiary alicyclic amines) is 1. The Morgan fingerprint density at radius 2 is 2.20 bits per heavy atom. The van der Waals surface area contributed by atoms with Gasteiger partial charge in [-0.2, -0.15) is 4.98 Å². The van der Waals surface area contributed by atoms with Crippen LogP contribution in [-0.2, 0) is 17.7 Å². The molecule has 0 amide bonds. The van der Waals surface area contributed by atoms with Gasteiger partial charge in [0.1, 0.15) is 5.82 Å². The second kappa shape index (κ2) is 7.33. The number of imidazole rings is 1. The minimum Gasteiger partial charge on any atom is -0.384 e. The molecule has 0 bridgehead atoms. The summed E-state index contributed by atoms with van der Waals surface area (Å²) in [6.45, 7) is 2.27. The summed E-state index contributed by atoms with van der Waals surface area (Å²) in [7, 11) is 1.67. The Hall–Kier alpha value is -2.25. The van der Waals surface area contributed by atoms with E-state index in [9.17, 15) is 0 Å². The number of aromatic amines is 1. The number of rotatable bonds is 6. The highest BCUT2D eigenvalue weighted by molar-refractivity contribution is 5.74. The number of nitrogens with one attached hydrogen (secondary N) is 1. The van der Waals surface area contributed by atoms with Gasteiger partial charge in [0.2, 0.25) is 5.89 Å². The molecule has 0 aliphatic carbocycles. The fraction of sp³-hybridized carbons (Fsp3) is 0.500. The zero-order valence-electron chi connectivity index (χ0n) is 14.4. The summed E-state index contributed by atoms with van der Waals surface area (Å²) in [6, 6.07) is 8.42. The molecule has 7 heteroatoms. The molecular weight excluding hydrogens is 318 g/mol. The van der Waals surface area contributed by atoms with Crippen LogP contribution >= 0.6 is 0 Å². The number of fused-ring (bicyclic) bond motifs is 1. The zero-order chi connectivity index (χ0) is 17.1. The van der Waals surface area contributed by atoms with Gasteiger partial charge in [0.05, 0.1) is 30.2 Å². The number of H-pyrrole nitrogens is 1. The van der Waals surface area contributed by atoms with Gasteiger partial charge < -0.3 is 14.2 Å². The van der Waals surface area contributed by atoms with Crippen molar-refractivity contribution in [1.29, 1.82) is 0 Å². The number of ether oxygens (including phenoxy) is 1. The van der Waals surface area contributed by atoms with E-state index in [2.05, 4.69) is 26.1 Å². The van der Waals surface area contributed by atoms with Gasteiger partial charge in [0.15, 0.2) is 5.82 Å². The first-order valence-corrected chi connectivity index (χ1v) is 8.82. The number of aromatic nitrogens is 4. The molecule has 0 radical (unpaired) electrons. The van der Waals surface area contributed by atoms with Gasteiger partial charge in [0.25, 0.3) is 0 Å². The van der Waals surface area contributed by atoms with Crippen LogP contribution in [0.1, 0.15) is 42.8 Å². The van der Waals surface area contributed by atoms with Crippen LogP contribution < -0.4 is 0 Å². The van der Waals surface area contributed by atoms with E-state index in [0.29, 0.717) is 31.3 Å². The molecular formula is C18H23N5O2. The summed E-state index contributed by atoms with van der Waals surface area (Å²) in [5.74, 6) is 2.39. The number of methoxy groups -OCH3 is 1. The van der Waals surface area contributed by atoms with Crippen molar-refractivity contribution >= 4 is 11.0 Å². The number of nitrogens with zero attached hydrogens (tertiary/aromatic N) is 4. The third kappa shape index (κ3) is 3.57. The SMILES string of the molecule is COCCc1noc(CN2CCCC[C@@H]2c2nc3ccccc3[nH]2)n1. The van der Waals surface area contributed by atoms with Gasteiger partial charge in [-0.1, -0.05) is 23.7 Å². The molecule has 1 atom stereocenters. The Kier molecular flexibility index (Phi) is 4.76. The molecule has 25 heavy (non-hydrogen) atoms. The third-order valence-corrected chi connectivity index (χ3v) is 4.72. The van der Waals surface area contributed by atoms with Gasteiger partial charge in [-0.3, -0.25) is 4.90 Å². The maximum Gasteiger partial charge on any atom is 0.240 e. The van der Waals surface area contributed by atoms with Gasteiger partial charge >= 0.3 is 0 Å². The fourth-order valence-corrected chi connectivity index (χ4v) is 3.44. The topological polar surface area (TPSA) is 80.1 Å². The van der Waals surface area contributed by atoms with Crippen LogP contribution in [0, 0.1) is 0 Å². The maximum absolute atomic E-state index is 5.42. The molecule has 0 spiro atoms. The standard InChI is InChI=1S/C18H23N5O2/c1-24-11-9-16-21-17(25-22-16)12-23-10-5-4-8-15(23)18-19-13-6-2-3-7-14(13)20-18/h2-3,6-7,15H,4-5,8-12H2,1H3,(H,19,20)/t15-/m1/s1. The summed E-state index contributed by atoms with van der Waals surface area (Å²) < 4.78 is 10.5. The average molecular weight is 341 g/mol. The third-order valence-electron chi connectivity index (χ3n) is 4.72. The van der Waals surface area contributed by atoms with Crippen molar-refractivity contribution in [2.45, 2.75) is 38.3 Å². The lowest BCUT2D eigenvalue weighted by Crippen LogP contribution is -2.33. The monoisotopic (exact) mass is 341 g/mol. The van der Waals surface area contributed by atoms with Crippen molar-refractivity contribution in [1.82, 2.24) is 25.0 Å². The molecule has 0 saturated carbocycles. The number of piperidine rings is 1. The molecule has 1 aromatic carbocycles. The average Bonchev–Trinajstić information content (AvgIpc) is 3.27. The first-order chi connectivity index (χ1) is 12.3. The zero-order valence-corrected chi connectivity index (χ0v) is 14.4. The van der Waals surface area contributed by atoms with E-state index in [1.165, 1.54) is 12.8 Å². The van der Waals surface area contributed by atoms with E-state index in [1.807, 2.05) is 18.2 Å².